The summed E-state index contributed by atoms with van der Waals surface area (Å²) in [5.74, 6) is -0.197. The lowest BCUT2D eigenvalue weighted by Crippen LogP contribution is -2.46. The van der Waals surface area contributed by atoms with E-state index in [0.717, 1.165) is 70.6 Å². The molecule has 0 fully saturated rings. The molecule has 0 saturated heterocycles. The van der Waals surface area contributed by atoms with Gasteiger partial charge in [0.1, 0.15) is 13.2 Å². The first kappa shape index (κ1) is 46.9. The Morgan fingerprint density at radius 3 is 1.76 bits per heavy atom. The number of likely N-dealkylation sites (N-methyl/N-ethyl adjacent to an activating group) is 1. The molecule has 3 N–H and O–H groups in total. The van der Waals surface area contributed by atoms with E-state index < -0.39 is 20.0 Å². The van der Waals surface area contributed by atoms with Crippen molar-refractivity contribution < 1.29 is 32.9 Å². The van der Waals surface area contributed by atoms with E-state index >= 15 is 0 Å². The number of nitrogens with zero attached hydrogens (tertiary/aromatic N) is 1. The van der Waals surface area contributed by atoms with E-state index in [4.69, 9.17) is 9.05 Å². The van der Waals surface area contributed by atoms with Gasteiger partial charge in [0.05, 0.1) is 39.9 Å². The van der Waals surface area contributed by atoms with Gasteiger partial charge in [-0.25, -0.2) is 4.57 Å². The molecule has 49 heavy (non-hydrogen) atoms. The molecule has 8 nitrogen and oxygen atoms in total. The Balaban J connectivity index is 4.40. The number of rotatable bonds is 32. The number of unbranched alkanes of at least 4 members (excludes halogenated alkanes) is 7. The molecule has 0 aromatic rings. The van der Waals surface area contributed by atoms with E-state index in [2.05, 4.69) is 92.1 Å². The SMILES string of the molecule is CC/C=C\C/C=C\C/C=C\C/C=C\C/C=C\C/C=C\CCCCC(=O)NC(COP(=O)(O)OCC[N+](C)(C)C)C(O)CCCCCCCC. The third-order valence-corrected chi connectivity index (χ3v) is 8.70. The summed E-state index contributed by atoms with van der Waals surface area (Å²) in [4.78, 5) is 22.9. The van der Waals surface area contributed by atoms with Gasteiger partial charge in [-0.2, -0.15) is 0 Å². The summed E-state index contributed by atoms with van der Waals surface area (Å²) in [7, 11) is 1.56. The predicted octanol–water partition coefficient (Wildman–Crippen LogP) is 9.68. The molecule has 0 aliphatic carbocycles. The fraction of sp³-hybridized carbons (Fsp3) is 0.675. The highest BCUT2D eigenvalue weighted by molar-refractivity contribution is 7.47. The molecule has 0 bridgehead atoms. The van der Waals surface area contributed by atoms with Crippen LogP contribution in [0.15, 0.2) is 72.9 Å². The number of allylic oxidation sites excluding steroid dienone is 12. The molecule has 1 amide bonds. The van der Waals surface area contributed by atoms with Crippen LogP contribution in [0.4, 0.5) is 0 Å². The lowest BCUT2D eigenvalue weighted by molar-refractivity contribution is -0.870. The Morgan fingerprint density at radius 1 is 0.714 bits per heavy atom. The van der Waals surface area contributed by atoms with Gasteiger partial charge in [-0.15, -0.1) is 0 Å². The van der Waals surface area contributed by atoms with Gasteiger partial charge in [0.25, 0.3) is 0 Å². The average molecular weight is 708 g/mol. The third kappa shape index (κ3) is 34.2. The first-order valence-corrected chi connectivity index (χ1v) is 20.3. The Bertz CT molecular complexity index is 1030. The maximum Gasteiger partial charge on any atom is 0.472 e. The van der Waals surface area contributed by atoms with E-state index in [1.807, 2.05) is 21.1 Å². The van der Waals surface area contributed by atoms with Crippen LogP contribution >= 0.6 is 7.82 Å². The van der Waals surface area contributed by atoms with Crippen molar-refractivity contribution in [1.29, 1.82) is 0 Å². The molecule has 3 unspecified atom stereocenters. The van der Waals surface area contributed by atoms with Crippen molar-refractivity contribution in [2.45, 2.75) is 135 Å². The van der Waals surface area contributed by atoms with Crippen LogP contribution in [0.2, 0.25) is 0 Å². The topological polar surface area (TPSA) is 105 Å². The van der Waals surface area contributed by atoms with Gasteiger partial charge < -0.3 is 19.8 Å². The van der Waals surface area contributed by atoms with Crippen molar-refractivity contribution in [1.82, 2.24) is 5.32 Å². The van der Waals surface area contributed by atoms with Crippen molar-refractivity contribution in [2.75, 3.05) is 40.9 Å². The van der Waals surface area contributed by atoms with Crippen molar-refractivity contribution in [3.8, 4) is 0 Å². The number of amides is 1. The third-order valence-electron chi connectivity index (χ3n) is 7.72. The zero-order valence-electron chi connectivity index (χ0n) is 31.6. The second-order valence-electron chi connectivity index (χ2n) is 13.6. The molecule has 0 aromatic heterocycles. The van der Waals surface area contributed by atoms with Crippen LogP contribution in [-0.4, -0.2) is 73.4 Å². The Hall–Kier alpha value is -2.06. The Morgan fingerprint density at radius 2 is 1.22 bits per heavy atom. The first-order chi connectivity index (χ1) is 23.5. The summed E-state index contributed by atoms with van der Waals surface area (Å²) in [5.41, 5.74) is 0. The fourth-order valence-corrected chi connectivity index (χ4v) is 5.43. The van der Waals surface area contributed by atoms with Gasteiger partial charge in [0.15, 0.2) is 0 Å². The number of phosphoric ester groups is 1. The van der Waals surface area contributed by atoms with E-state index in [1.54, 1.807) is 0 Å². The zero-order chi connectivity index (χ0) is 36.5. The molecule has 0 aromatic carbocycles. The number of aliphatic hydroxyl groups excluding tert-OH is 1. The summed E-state index contributed by atoms with van der Waals surface area (Å²) >= 11 is 0. The van der Waals surface area contributed by atoms with Crippen LogP contribution in [0.5, 0.6) is 0 Å². The smallest absolute Gasteiger partial charge is 0.391 e. The van der Waals surface area contributed by atoms with Crippen molar-refractivity contribution in [3.05, 3.63) is 72.9 Å². The molecule has 282 valence electrons. The van der Waals surface area contributed by atoms with E-state index in [0.29, 0.717) is 30.3 Å². The molecule has 0 heterocycles. The fourth-order valence-electron chi connectivity index (χ4n) is 4.69. The summed E-state index contributed by atoms with van der Waals surface area (Å²) in [6.07, 6.45) is 41.0. The lowest BCUT2D eigenvalue weighted by atomic mass is 10.0. The summed E-state index contributed by atoms with van der Waals surface area (Å²) in [5, 5.41) is 13.7. The Kier molecular flexibility index (Phi) is 30.5. The number of quaternary nitrogens is 1. The minimum absolute atomic E-state index is 0.0609. The second kappa shape index (κ2) is 31.9. The Labute approximate surface area is 300 Å². The van der Waals surface area contributed by atoms with Crippen LogP contribution in [0, 0.1) is 0 Å². The minimum Gasteiger partial charge on any atom is -0.391 e. The molecule has 9 heteroatoms. The highest BCUT2D eigenvalue weighted by Gasteiger charge is 2.28. The molecule has 0 saturated carbocycles. The van der Waals surface area contributed by atoms with Gasteiger partial charge in [-0.1, -0.05) is 125 Å². The molecule has 0 rings (SSSR count). The van der Waals surface area contributed by atoms with E-state index in [1.165, 1.54) is 19.3 Å². The number of hydrogen-bond donors (Lipinski definition) is 3. The largest absolute Gasteiger partial charge is 0.472 e. The summed E-state index contributed by atoms with van der Waals surface area (Å²) in [6, 6.07) is -0.783. The number of nitrogens with one attached hydrogen (secondary N) is 1. The highest BCUT2D eigenvalue weighted by Crippen LogP contribution is 2.43. The highest BCUT2D eigenvalue weighted by atomic mass is 31.2. The van der Waals surface area contributed by atoms with Crippen LogP contribution in [-0.2, 0) is 18.4 Å². The van der Waals surface area contributed by atoms with Gasteiger partial charge in [0.2, 0.25) is 5.91 Å². The van der Waals surface area contributed by atoms with E-state index in [-0.39, 0.29) is 19.1 Å². The maximum absolute atomic E-state index is 12.7. The van der Waals surface area contributed by atoms with Gasteiger partial charge in [0, 0.05) is 6.42 Å². The molecular weight excluding hydrogens is 635 g/mol. The van der Waals surface area contributed by atoms with Crippen molar-refractivity contribution in [3.63, 3.8) is 0 Å². The van der Waals surface area contributed by atoms with Crippen LogP contribution in [0.25, 0.3) is 0 Å². The normalized spacial score (nSPS) is 15.5. The maximum atomic E-state index is 12.7. The molecular formula is C40H72N2O6P+. The van der Waals surface area contributed by atoms with Crippen molar-refractivity contribution >= 4 is 13.7 Å². The standard InChI is InChI=1S/C40H71N2O6P/c1-6-8-10-12-14-15-16-17-18-19-20-21-22-23-24-25-26-27-28-30-32-34-40(44)41-38(39(43)33-31-29-13-11-9-7-2)37-48-49(45,46)47-36-35-42(3,4)5/h8,10,14-15,17-18,20-21,23-24,26-27,38-39,43H,6-7,9,11-13,16,19,22,25,28-37H2,1-5H3,(H-,41,44,45,46)/p+1/b10-8-,15-14-,18-17-,21-20-,24-23-,27-26-. The predicted molar refractivity (Wildman–Crippen MR) is 207 cm³/mol. The number of hydrogen-bond acceptors (Lipinski definition) is 5. The number of phosphoric acid groups is 1. The molecule has 0 radical (unpaired) electrons. The first-order valence-electron chi connectivity index (χ1n) is 18.8. The van der Waals surface area contributed by atoms with Gasteiger partial charge >= 0.3 is 7.82 Å². The quantitative estimate of drug-likeness (QED) is 0.0278. The second-order valence-corrected chi connectivity index (χ2v) is 15.0. The molecule has 0 aliphatic rings. The molecule has 0 aliphatic heterocycles. The minimum atomic E-state index is -4.31. The lowest BCUT2D eigenvalue weighted by Gasteiger charge is -2.26. The summed E-state index contributed by atoms with van der Waals surface area (Å²) < 4.78 is 23.4. The summed E-state index contributed by atoms with van der Waals surface area (Å²) in [6.45, 7) is 4.63. The van der Waals surface area contributed by atoms with Crippen LogP contribution in [0.3, 0.4) is 0 Å². The van der Waals surface area contributed by atoms with Crippen LogP contribution in [0.1, 0.15) is 123 Å². The number of carbonyl (C=O) groups is 1. The van der Waals surface area contributed by atoms with Crippen molar-refractivity contribution in [2.24, 2.45) is 0 Å². The zero-order valence-corrected chi connectivity index (χ0v) is 32.5. The van der Waals surface area contributed by atoms with Gasteiger partial charge in [-0.05, 0) is 64.2 Å². The molecule has 0 spiro atoms. The monoisotopic (exact) mass is 708 g/mol. The number of carbonyl (C=O) groups excluding carboxylic acids is 1. The van der Waals surface area contributed by atoms with E-state index in [9.17, 15) is 19.4 Å². The van der Waals surface area contributed by atoms with Gasteiger partial charge in [-0.3, -0.25) is 13.8 Å². The molecule has 3 atom stereocenters. The number of aliphatic hydroxyl groups is 1. The average Bonchev–Trinajstić information content (AvgIpc) is 3.04. The van der Waals surface area contributed by atoms with Crippen LogP contribution < -0.4 is 5.32 Å².